The molecule has 0 amide bonds. The van der Waals surface area contributed by atoms with Crippen LogP contribution in [0, 0.1) is 0 Å². The number of hydrogen-bond donors (Lipinski definition) is 1. The van der Waals surface area contributed by atoms with Crippen LogP contribution in [0.4, 0.5) is 0 Å². The number of thioether (sulfide) groups is 1. The topological polar surface area (TPSA) is 55.1 Å². The molecule has 0 aliphatic heterocycles. The summed E-state index contributed by atoms with van der Waals surface area (Å²) in [5.74, 6) is -0.740. The Morgan fingerprint density at radius 1 is 1.45 bits per heavy atom. The van der Waals surface area contributed by atoms with Gasteiger partial charge in [-0.05, 0) is 37.8 Å². The smallest absolute Gasteiger partial charge is 0.313 e. The second-order valence-electron chi connectivity index (χ2n) is 5.33. The van der Waals surface area contributed by atoms with Gasteiger partial charge in [-0.1, -0.05) is 30.8 Å². The van der Waals surface area contributed by atoms with Gasteiger partial charge in [0.05, 0.1) is 16.8 Å². The Labute approximate surface area is 122 Å². The van der Waals surface area contributed by atoms with E-state index in [-0.39, 0.29) is 11.3 Å². The van der Waals surface area contributed by atoms with E-state index in [2.05, 4.69) is 22.5 Å². The first kappa shape index (κ1) is 13.5. The number of aromatic nitrogens is 2. The van der Waals surface area contributed by atoms with Gasteiger partial charge in [-0.2, -0.15) is 0 Å². The largest absolute Gasteiger partial charge is 0.481 e. The average Bonchev–Trinajstić information content (AvgIpc) is 2.75. The zero-order chi connectivity index (χ0) is 14.2. The first-order chi connectivity index (χ1) is 9.66. The zero-order valence-corrected chi connectivity index (χ0v) is 12.3. The van der Waals surface area contributed by atoms with Gasteiger partial charge in [0, 0.05) is 5.54 Å². The van der Waals surface area contributed by atoms with Crippen molar-refractivity contribution in [3.63, 3.8) is 0 Å². The van der Waals surface area contributed by atoms with E-state index in [0.29, 0.717) is 0 Å². The maximum atomic E-state index is 10.8. The van der Waals surface area contributed by atoms with Crippen LogP contribution in [0.5, 0.6) is 0 Å². The molecule has 3 rings (SSSR count). The molecule has 20 heavy (non-hydrogen) atoms. The summed E-state index contributed by atoms with van der Waals surface area (Å²) in [7, 11) is 0. The number of carbonyl (C=O) groups is 1. The number of nitrogens with zero attached hydrogens (tertiary/aromatic N) is 2. The first-order valence-electron chi connectivity index (χ1n) is 6.99. The Morgan fingerprint density at radius 2 is 2.20 bits per heavy atom. The quantitative estimate of drug-likeness (QED) is 0.856. The van der Waals surface area contributed by atoms with E-state index in [4.69, 9.17) is 5.11 Å². The number of aliphatic carboxylic acids is 1. The fourth-order valence-corrected chi connectivity index (χ4v) is 3.84. The van der Waals surface area contributed by atoms with Gasteiger partial charge in [0.15, 0.2) is 5.16 Å². The van der Waals surface area contributed by atoms with Crippen LogP contribution < -0.4 is 0 Å². The molecule has 1 aromatic carbocycles. The summed E-state index contributed by atoms with van der Waals surface area (Å²) >= 11 is 1.32. The van der Waals surface area contributed by atoms with Gasteiger partial charge in [-0.15, -0.1) is 0 Å². The van der Waals surface area contributed by atoms with Crippen LogP contribution in [-0.4, -0.2) is 26.4 Å². The van der Waals surface area contributed by atoms with Crippen molar-refractivity contribution in [2.45, 2.75) is 43.3 Å². The highest BCUT2D eigenvalue weighted by atomic mass is 32.2. The number of hydrogen-bond acceptors (Lipinski definition) is 3. The van der Waals surface area contributed by atoms with Gasteiger partial charge in [0.25, 0.3) is 0 Å². The minimum Gasteiger partial charge on any atom is -0.481 e. The summed E-state index contributed by atoms with van der Waals surface area (Å²) in [6.07, 6.45) is 4.62. The normalized spacial score (nSPS) is 17.1. The maximum absolute atomic E-state index is 10.8. The van der Waals surface area contributed by atoms with E-state index in [9.17, 15) is 4.79 Å². The van der Waals surface area contributed by atoms with Crippen molar-refractivity contribution < 1.29 is 9.90 Å². The minimum atomic E-state index is -0.798. The predicted octanol–water partition coefficient (Wildman–Crippen LogP) is 3.50. The fraction of sp³-hybridized carbons (Fsp3) is 0.467. The molecule has 0 unspecified atom stereocenters. The molecule has 0 bridgehead atoms. The van der Waals surface area contributed by atoms with Crippen molar-refractivity contribution >= 4 is 28.8 Å². The monoisotopic (exact) mass is 290 g/mol. The van der Waals surface area contributed by atoms with Gasteiger partial charge < -0.3 is 9.67 Å². The van der Waals surface area contributed by atoms with Gasteiger partial charge in [0.1, 0.15) is 0 Å². The number of carboxylic acid groups (broad SMARTS) is 1. The highest BCUT2D eigenvalue weighted by molar-refractivity contribution is 7.99. The number of para-hydroxylation sites is 2. The van der Waals surface area contributed by atoms with Crippen molar-refractivity contribution in [3.8, 4) is 0 Å². The molecule has 1 N–H and O–H groups in total. The van der Waals surface area contributed by atoms with Crippen LogP contribution in [0.2, 0.25) is 0 Å². The van der Waals surface area contributed by atoms with E-state index in [1.54, 1.807) is 0 Å². The predicted molar refractivity (Wildman–Crippen MR) is 80.2 cm³/mol. The van der Waals surface area contributed by atoms with Crippen molar-refractivity contribution in [1.29, 1.82) is 0 Å². The molecule has 1 fully saturated rings. The van der Waals surface area contributed by atoms with Gasteiger partial charge >= 0.3 is 5.97 Å². The molecule has 0 saturated heterocycles. The van der Waals surface area contributed by atoms with Crippen molar-refractivity contribution in [1.82, 2.24) is 9.55 Å². The van der Waals surface area contributed by atoms with Gasteiger partial charge in [-0.3, -0.25) is 4.79 Å². The van der Waals surface area contributed by atoms with E-state index in [1.807, 2.05) is 18.2 Å². The Morgan fingerprint density at radius 3 is 2.80 bits per heavy atom. The van der Waals surface area contributed by atoms with E-state index in [1.165, 1.54) is 18.2 Å². The van der Waals surface area contributed by atoms with Crippen LogP contribution in [0.3, 0.4) is 0 Å². The third kappa shape index (κ3) is 2.10. The molecule has 4 nitrogen and oxygen atoms in total. The van der Waals surface area contributed by atoms with Crippen molar-refractivity contribution in [3.05, 3.63) is 24.3 Å². The molecule has 1 aliphatic rings. The van der Waals surface area contributed by atoms with E-state index in [0.717, 1.165) is 35.5 Å². The standard InChI is InChI=1S/C15H18N2O2S/c1-2-15(8-5-9-15)17-12-7-4-3-6-11(12)16-14(17)20-10-13(18)19/h3-4,6-7H,2,5,8-10H2,1H3,(H,18,19). The van der Waals surface area contributed by atoms with Crippen molar-refractivity contribution in [2.75, 3.05) is 5.75 Å². The van der Waals surface area contributed by atoms with Crippen molar-refractivity contribution in [2.24, 2.45) is 0 Å². The van der Waals surface area contributed by atoms with Crippen LogP contribution >= 0.6 is 11.8 Å². The molecule has 1 aromatic heterocycles. The summed E-state index contributed by atoms with van der Waals surface area (Å²) < 4.78 is 2.29. The highest BCUT2D eigenvalue weighted by Crippen LogP contribution is 2.46. The minimum absolute atomic E-state index is 0.0586. The number of benzene rings is 1. The second kappa shape index (κ2) is 5.13. The lowest BCUT2D eigenvalue weighted by Gasteiger charge is -2.43. The van der Waals surface area contributed by atoms with E-state index < -0.39 is 5.97 Å². The fourth-order valence-electron chi connectivity index (χ4n) is 3.01. The molecule has 1 heterocycles. The van der Waals surface area contributed by atoms with Crippen LogP contribution in [0.25, 0.3) is 11.0 Å². The summed E-state index contributed by atoms with van der Waals surface area (Å²) in [6, 6.07) is 8.08. The first-order valence-corrected chi connectivity index (χ1v) is 7.97. The molecule has 2 aromatic rings. The molecule has 0 radical (unpaired) electrons. The van der Waals surface area contributed by atoms with Crippen LogP contribution in [0.1, 0.15) is 32.6 Å². The lowest BCUT2D eigenvalue weighted by atomic mass is 9.74. The Bertz CT molecular complexity index is 641. The molecule has 5 heteroatoms. The third-order valence-electron chi connectivity index (χ3n) is 4.27. The number of fused-ring (bicyclic) bond motifs is 1. The van der Waals surface area contributed by atoms with Crippen LogP contribution in [-0.2, 0) is 10.3 Å². The lowest BCUT2D eigenvalue weighted by molar-refractivity contribution is -0.133. The molecule has 106 valence electrons. The molecule has 0 spiro atoms. The maximum Gasteiger partial charge on any atom is 0.313 e. The lowest BCUT2D eigenvalue weighted by Crippen LogP contribution is -2.40. The summed E-state index contributed by atoms with van der Waals surface area (Å²) in [5, 5.41) is 9.76. The third-order valence-corrected chi connectivity index (χ3v) is 5.19. The number of imidazole rings is 1. The summed E-state index contributed by atoms with van der Waals surface area (Å²) in [6.45, 7) is 2.21. The molecular weight excluding hydrogens is 272 g/mol. The highest BCUT2D eigenvalue weighted by Gasteiger charge is 2.39. The van der Waals surface area contributed by atoms with Gasteiger partial charge in [-0.25, -0.2) is 4.98 Å². The number of carboxylic acids is 1. The summed E-state index contributed by atoms with van der Waals surface area (Å²) in [4.78, 5) is 15.5. The summed E-state index contributed by atoms with van der Waals surface area (Å²) in [5.41, 5.74) is 2.22. The molecule has 1 saturated carbocycles. The van der Waals surface area contributed by atoms with E-state index >= 15 is 0 Å². The Kier molecular flexibility index (Phi) is 3.46. The van der Waals surface area contributed by atoms with Crippen LogP contribution in [0.15, 0.2) is 29.4 Å². The Balaban J connectivity index is 2.10. The molecule has 0 atom stereocenters. The van der Waals surface area contributed by atoms with Gasteiger partial charge in [0.2, 0.25) is 0 Å². The Hall–Kier alpha value is -1.49. The average molecular weight is 290 g/mol. The molecular formula is C15H18N2O2S. The molecule has 1 aliphatic carbocycles. The zero-order valence-electron chi connectivity index (χ0n) is 11.5. The second-order valence-corrected chi connectivity index (χ2v) is 6.27. The SMILES string of the molecule is CCC1(n2c(SCC(=O)O)nc3ccccc32)CCC1. The number of rotatable bonds is 5.